The molecule has 0 aliphatic carbocycles. The molecular formula is C22H31N3O2. The van der Waals surface area contributed by atoms with Crippen molar-refractivity contribution in [3.05, 3.63) is 65.2 Å². The maximum Gasteiger partial charge on any atom is 0.191 e. The van der Waals surface area contributed by atoms with Gasteiger partial charge in [-0.3, -0.25) is 4.99 Å². The van der Waals surface area contributed by atoms with Crippen LogP contribution in [-0.2, 0) is 24.4 Å². The lowest BCUT2D eigenvalue weighted by molar-refractivity contribution is -0.0149. The summed E-state index contributed by atoms with van der Waals surface area (Å²) in [6.07, 6.45) is 0. The molecule has 0 fully saturated rings. The van der Waals surface area contributed by atoms with Gasteiger partial charge in [-0.2, -0.15) is 0 Å². The Morgan fingerprint density at radius 1 is 0.963 bits per heavy atom. The lowest BCUT2D eigenvalue weighted by Gasteiger charge is -2.20. The normalized spacial score (nSPS) is 12.0. The second kappa shape index (κ2) is 9.97. The fraction of sp³-hybridized carbons (Fsp3) is 0.409. The van der Waals surface area contributed by atoms with E-state index in [0.717, 1.165) is 17.3 Å². The molecule has 0 atom stereocenters. The van der Waals surface area contributed by atoms with Crippen LogP contribution in [0.1, 0.15) is 37.5 Å². The fourth-order valence-electron chi connectivity index (χ4n) is 2.56. The predicted octanol–water partition coefficient (Wildman–Crippen LogP) is 3.88. The smallest absolute Gasteiger partial charge is 0.191 e. The van der Waals surface area contributed by atoms with Gasteiger partial charge in [0, 0.05) is 25.7 Å². The van der Waals surface area contributed by atoms with Crippen molar-refractivity contribution >= 4 is 5.96 Å². The van der Waals surface area contributed by atoms with Crippen molar-refractivity contribution in [1.82, 2.24) is 10.6 Å². The standard InChI is InChI=1S/C22H31N3O2/c1-22(2,3)27-16-18-10-8-9-17(13-18)14-24-21(23-4)25-15-19-11-6-7-12-20(19)26-5/h6-13H,14-16H2,1-5H3,(H2,23,24,25). The van der Waals surface area contributed by atoms with E-state index in [4.69, 9.17) is 9.47 Å². The highest BCUT2D eigenvalue weighted by atomic mass is 16.5. The van der Waals surface area contributed by atoms with Crippen LogP contribution in [0, 0.1) is 0 Å². The minimum Gasteiger partial charge on any atom is -0.496 e. The third-order valence-corrected chi connectivity index (χ3v) is 3.99. The van der Waals surface area contributed by atoms with Crippen molar-refractivity contribution in [2.45, 2.75) is 46.1 Å². The molecule has 0 aliphatic heterocycles. The molecule has 0 saturated carbocycles. The fourth-order valence-corrected chi connectivity index (χ4v) is 2.56. The molecule has 0 amide bonds. The predicted molar refractivity (Wildman–Crippen MR) is 111 cm³/mol. The first-order valence-electron chi connectivity index (χ1n) is 9.19. The highest BCUT2D eigenvalue weighted by Crippen LogP contribution is 2.16. The maximum absolute atomic E-state index is 5.86. The van der Waals surface area contributed by atoms with Crippen LogP contribution in [0.25, 0.3) is 0 Å². The van der Waals surface area contributed by atoms with Crippen molar-refractivity contribution in [2.75, 3.05) is 14.2 Å². The van der Waals surface area contributed by atoms with Crippen LogP contribution in [0.15, 0.2) is 53.5 Å². The Kier molecular flexibility index (Phi) is 7.67. The van der Waals surface area contributed by atoms with Crippen LogP contribution in [0.4, 0.5) is 0 Å². The van der Waals surface area contributed by atoms with Crippen molar-refractivity contribution in [3.8, 4) is 5.75 Å². The average molecular weight is 370 g/mol. The van der Waals surface area contributed by atoms with Crippen LogP contribution in [0.2, 0.25) is 0 Å². The molecule has 2 rings (SSSR count). The van der Waals surface area contributed by atoms with Gasteiger partial charge in [0.2, 0.25) is 0 Å². The second-order valence-corrected chi connectivity index (χ2v) is 7.31. The Morgan fingerprint density at radius 3 is 2.37 bits per heavy atom. The molecule has 0 bridgehead atoms. The first-order valence-corrected chi connectivity index (χ1v) is 9.19. The molecule has 2 N–H and O–H groups in total. The molecular weight excluding hydrogens is 338 g/mol. The average Bonchev–Trinajstić information content (AvgIpc) is 2.66. The zero-order valence-electron chi connectivity index (χ0n) is 17.0. The number of aliphatic imine (C=N–C) groups is 1. The first-order chi connectivity index (χ1) is 12.9. The third-order valence-electron chi connectivity index (χ3n) is 3.99. The van der Waals surface area contributed by atoms with Gasteiger partial charge in [-0.05, 0) is 38.0 Å². The summed E-state index contributed by atoms with van der Waals surface area (Å²) < 4.78 is 11.2. The van der Waals surface area contributed by atoms with Crippen LogP contribution in [0.3, 0.4) is 0 Å². The van der Waals surface area contributed by atoms with Gasteiger partial charge < -0.3 is 20.1 Å². The second-order valence-electron chi connectivity index (χ2n) is 7.31. The Balaban J connectivity index is 1.88. The highest BCUT2D eigenvalue weighted by Gasteiger charge is 2.10. The number of guanidine groups is 1. The van der Waals surface area contributed by atoms with Gasteiger partial charge >= 0.3 is 0 Å². The SMILES string of the molecule is CN=C(NCc1cccc(COC(C)(C)C)c1)NCc1ccccc1OC. The van der Waals surface area contributed by atoms with E-state index < -0.39 is 0 Å². The number of benzene rings is 2. The zero-order chi connectivity index (χ0) is 19.7. The van der Waals surface area contributed by atoms with Gasteiger partial charge in [0.25, 0.3) is 0 Å². The topological polar surface area (TPSA) is 54.9 Å². The molecule has 0 radical (unpaired) electrons. The van der Waals surface area contributed by atoms with Gasteiger partial charge in [0.15, 0.2) is 5.96 Å². The number of methoxy groups -OCH3 is 1. The molecule has 2 aromatic rings. The molecule has 0 spiro atoms. The van der Waals surface area contributed by atoms with E-state index in [0.29, 0.717) is 19.7 Å². The first kappa shape index (κ1) is 20.8. The number of nitrogens with zero attached hydrogens (tertiary/aromatic N) is 1. The summed E-state index contributed by atoms with van der Waals surface area (Å²) in [7, 11) is 3.45. The number of hydrogen-bond donors (Lipinski definition) is 2. The molecule has 0 unspecified atom stereocenters. The molecule has 146 valence electrons. The molecule has 0 aliphatic rings. The molecule has 27 heavy (non-hydrogen) atoms. The van der Waals surface area contributed by atoms with E-state index in [1.54, 1.807) is 14.2 Å². The summed E-state index contributed by atoms with van der Waals surface area (Å²) in [4.78, 5) is 4.29. The summed E-state index contributed by atoms with van der Waals surface area (Å²) in [5, 5.41) is 6.67. The number of rotatable bonds is 7. The quantitative estimate of drug-likeness (QED) is 0.574. The Hall–Kier alpha value is -2.53. The maximum atomic E-state index is 5.86. The van der Waals surface area contributed by atoms with E-state index in [1.807, 2.05) is 24.3 Å². The summed E-state index contributed by atoms with van der Waals surface area (Å²) >= 11 is 0. The minimum atomic E-state index is -0.140. The van der Waals surface area contributed by atoms with E-state index in [1.165, 1.54) is 11.1 Å². The number of nitrogens with one attached hydrogen (secondary N) is 2. The van der Waals surface area contributed by atoms with E-state index in [-0.39, 0.29) is 5.60 Å². The van der Waals surface area contributed by atoms with Gasteiger partial charge in [0.1, 0.15) is 5.75 Å². The zero-order valence-corrected chi connectivity index (χ0v) is 17.0. The van der Waals surface area contributed by atoms with Gasteiger partial charge in [0.05, 0.1) is 19.3 Å². The van der Waals surface area contributed by atoms with Crippen LogP contribution in [0.5, 0.6) is 5.75 Å². The van der Waals surface area contributed by atoms with Crippen molar-refractivity contribution in [2.24, 2.45) is 4.99 Å². The molecule has 5 nitrogen and oxygen atoms in total. The summed E-state index contributed by atoms with van der Waals surface area (Å²) in [6.45, 7) is 8.14. The lowest BCUT2D eigenvalue weighted by Crippen LogP contribution is -2.36. The lowest BCUT2D eigenvalue weighted by atomic mass is 10.1. The molecule has 0 saturated heterocycles. The van der Waals surface area contributed by atoms with Gasteiger partial charge in [-0.15, -0.1) is 0 Å². The Morgan fingerprint density at radius 2 is 1.67 bits per heavy atom. The monoisotopic (exact) mass is 369 g/mol. The minimum absolute atomic E-state index is 0.140. The molecule has 5 heteroatoms. The van der Waals surface area contributed by atoms with Crippen LogP contribution in [-0.4, -0.2) is 25.7 Å². The number of hydrogen-bond acceptors (Lipinski definition) is 3. The Labute approximate surface area is 162 Å². The Bertz CT molecular complexity index is 751. The van der Waals surface area contributed by atoms with Crippen molar-refractivity contribution in [3.63, 3.8) is 0 Å². The highest BCUT2D eigenvalue weighted by molar-refractivity contribution is 5.79. The van der Waals surface area contributed by atoms with Crippen molar-refractivity contribution in [1.29, 1.82) is 0 Å². The molecule has 2 aromatic carbocycles. The summed E-state index contributed by atoms with van der Waals surface area (Å²) in [5.74, 6) is 1.62. The van der Waals surface area contributed by atoms with Crippen LogP contribution < -0.4 is 15.4 Å². The summed E-state index contributed by atoms with van der Waals surface area (Å²) in [6, 6.07) is 16.4. The molecule has 0 heterocycles. The van der Waals surface area contributed by atoms with Gasteiger partial charge in [-0.25, -0.2) is 0 Å². The number of ether oxygens (including phenoxy) is 2. The van der Waals surface area contributed by atoms with Crippen molar-refractivity contribution < 1.29 is 9.47 Å². The molecule has 0 aromatic heterocycles. The summed E-state index contributed by atoms with van der Waals surface area (Å²) in [5.41, 5.74) is 3.30. The largest absolute Gasteiger partial charge is 0.496 e. The third kappa shape index (κ3) is 7.31. The van der Waals surface area contributed by atoms with E-state index in [9.17, 15) is 0 Å². The van der Waals surface area contributed by atoms with E-state index >= 15 is 0 Å². The van der Waals surface area contributed by atoms with Gasteiger partial charge in [-0.1, -0.05) is 42.5 Å². The van der Waals surface area contributed by atoms with E-state index in [2.05, 4.69) is 60.7 Å². The van der Waals surface area contributed by atoms with Crippen LogP contribution >= 0.6 is 0 Å². The number of para-hydroxylation sites is 1.